The van der Waals surface area contributed by atoms with Crippen LogP contribution in [0, 0.1) is 11.3 Å². The van der Waals surface area contributed by atoms with Gasteiger partial charge in [0.1, 0.15) is 11.9 Å². The normalized spacial score (nSPS) is 13.3. The highest BCUT2D eigenvalue weighted by atomic mass is 16.5. The molecular weight excluding hydrogens is 140 g/mol. The van der Waals surface area contributed by atoms with Gasteiger partial charge in [-0.15, -0.1) is 0 Å². The van der Waals surface area contributed by atoms with Crippen molar-refractivity contribution in [3.8, 4) is 0 Å². The lowest BCUT2D eigenvalue weighted by atomic mass is 10.1. The number of likely N-dealkylation sites (N-methyl/N-ethyl adjacent to an activating group) is 1. The number of hydrogen-bond donors (Lipinski definition) is 1. The summed E-state index contributed by atoms with van der Waals surface area (Å²) in [7, 11) is 5.36. The summed E-state index contributed by atoms with van der Waals surface area (Å²) in [6.07, 6.45) is -0.0787. The van der Waals surface area contributed by atoms with Crippen molar-refractivity contribution >= 4 is 5.84 Å². The molecule has 0 spiro atoms. The Kier molecular flexibility index (Phi) is 4.11. The Bertz CT molecular complexity index is 132. The lowest BCUT2D eigenvalue weighted by molar-refractivity contribution is 0.109. The van der Waals surface area contributed by atoms with Crippen molar-refractivity contribution in [3.63, 3.8) is 0 Å². The first-order valence-corrected chi connectivity index (χ1v) is 3.79. The second-order valence-electron chi connectivity index (χ2n) is 3.18. The highest BCUT2D eigenvalue weighted by Crippen LogP contribution is 2.07. The summed E-state index contributed by atoms with van der Waals surface area (Å²) in [5.41, 5.74) is 0. The predicted octanol–water partition coefficient (Wildman–Crippen LogP) is 1.20. The fraction of sp³-hybridized carbons (Fsp3) is 0.875. The third-order valence-corrected chi connectivity index (χ3v) is 1.61. The minimum atomic E-state index is -0.0787. The molecule has 0 saturated heterocycles. The Balaban J connectivity index is 4.15. The number of rotatable bonds is 3. The molecule has 1 atom stereocenters. The second kappa shape index (κ2) is 4.34. The fourth-order valence-electron chi connectivity index (χ4n) is 0.954. The molecule has 0 aromatic carbocycles. The molecule has 0 rings (SSSR count). The summed E-state index contributed by atoms with van der Waals surface area (Å²) >= 11 is 0. The van der Waals surface area contributed by atoms with E-state index in [-0.39, 0.29) is 6.10 Å². The van der Waals surface area contributed by atoms with Crippen LogP contribution >= 0.6 is 0 Å². The Morgan fingerprint density at radius 1 is 1.36 bits per heavy atom. The lowest BCUT2D eigenvalue weighted by Gasteiger charge is -2.24. The molecule has 0 amide bonds. The van der Waals surface area contributed by atoms with Gasteiger partial charge in [0.2, 0.25) is 0 Å². The molecular formula is C8H18N2O. The molecule has 0 aliphatic carbocycles. The summed E-state index contributed by atoms with van der Waals surface area (Å²) in [4.78, 5) is 1.77. The first-order chi connectivity index (χ1) is 5.00. The van der Waals surface area contributed by atoms with Crippen molar-refractivity contribution in [3.05, 3.63) is 0 Å². The number of ether oxygens (including phenoxy) is 1. The predicted molar refractivity (Wildman–Crippen MR) is 47.0 cm³/mol. The van der Waals surface area contributed by atoms with E-state index in [4.69, 9.17) is 10.1 Å². The van der Waals surface area contributed by atoms with Gasteiger partial charge in [-0.2, -0.15) is 0 Å². The zero-order valence-corrected chi connectivity index (χ0v) is 8.01. The number of nitrogens with one attached hydrogen (secondary N) is 1. The van der Waals surface area contributed by atoms with Crippen molar-refractivity contribution < 1.29 is 4.74 Å². The molecule has 0 fully saturated rings. The molecule has 0 heterocycles. The van der Waals surface area contributed by atoms with Crippen LogP contribution in [-0.2, 0) is 4.74 Å². The topological polar surface area (TPSA) is 36.3 Å². The van der Waals surface area contributed by atoms with E-state index in [1.54, 1.807) is 12.0 Å². The molecule has 66 valence electrons. The molecule has 0 saturated carbocycles. The summed E-state index contributed by atoms with van der Waals surface area (Å²) in [5, 5.41) is 7.63. The summed E-state index contributed by atoms with van der Waals surface area (Å²) in [5.74, 6) is 0.886. The largest absolute Gasteiger partial charge is 0.373 e. The van der Waals surface area contributed by atoms with E-state index in [1.807, 2.05) is 27.9 Å². The van der Waals surface area contributed by atoms with Crippen LogP contribution in [0.2, 0.25) is 0 Å². The van der Waals surface area contributed by atoms with Crippen LogP contribution in [0.25, 0.3) is 0 Å². The average Bonchev–Trinajstić information content (AvgIpc) is 1.88. The Morgan fingerprint density at radius 3 is 1.91 bits per heavy atom. The van der Waals surface area contributed by atoms with Gasteiger partial charge in [-0.3, -0.25) is 5.41 Å². The summed E-state index contributed by atoms with van der Waals surface area (Å²) < 4.78 is 5.17. The van der Waals surface area contributed by atoms with Crippen LogP contribution in [0.5, 0.6) is 0 Å². The van der Waals surface area contributed by atoms with Gasteiger partial charge in [-0.05, 0) is 5.92 Å². The molecule has 0 radical (unpaired) electrons. The van der Waals surface area contributed by atoms with Gasteiger partial charge >= 0.3 is 0 Å². The highest BCUT2D eigenvalue weighted by molar-refractivity contribution is 5.83. The second-order valence-corrected chi connectivity index (χ2v) is 3.18. The average molecular weight is 158 g/mol. The van der Waals surface area contributed by atoms with E-state index in [0.717, 1.165) is 0 Å². The molecule has 3 heteroatoms. The van der Waals surface area contributed by atoms with E-state index in [0.29, 0.717) is 11.8 Å². The first-order valence-electron chi connectivity index (χ1n) is 3.79. The zero-order chi connectivity index (χ0) is 9.02. The van der Waals surface area contributed by atoms with Crippen LogP contribution in [0.4, 0.5) is 0 Å². The molecule has 0 aliphatic heterocycles. The van der Waals surface area contributed by atoms with Crippen LogP contribution in [-0.4, -0.2) is 38.0 Å². The Labute approximate surface area is 68.9 Å². The number of nitrogens with zero attached hydrogens (tertiary/aromatic N) is 1. The standard InChI is InChI=1S/C8H18N2O/c1-6(2)7(11-5)8(9)10(3)4/h6-7,9H,1-5H3. The molecule has 0 aliphatic rings. The maximum atomic E-state index is 7.63. The van der Waals surface area contributed by atoms with Crippen molar-refractivity contribution in [1.82, 2.24) is 4.90 Å². The van der Waals surface area contributed by atoms with Gasteiger partial charge in [0.05, 0.1) is 0 Å². The molecule has 1 N–H and O–H groups in total. The summed E-state index contributed by atoms with van der Waals surface area (Å²) in [6, 6.07) is 0. The fourth-order valence-corrected chi connectivity index (χ4v) is 0.954. The number of hydrogen-bond acceptors (Lipinski definition) is 2. The maximum Gasteiger partial charge on any atom is 0.125 e. The van der Waals surface area contributed by atoms with E-state index in [1.165, 1.54) is 0 Å². The molecule has 3 nitrogen and oxygen atoms in total. The smallest absolute Gasteiger partial charge is 0.125 e. The minimum absolute atomic E-state index is 0.0787. The van der Waals surface area contributed by atoms with Gasteiger partial charge in [-0.25, -0.2) is 0 Å². The van der Waals surface area contributed by atoms with Crippen molar-refractivity contribution in [2.24, 2.45) is 5.92 Å². The lowest BCUT2D eigenvalue weighted by Crippen LogP contribution is -2.37. The third-order valence-electron chi connectivity index (χ3n) is 1.61. The van der Waals surface area contributed by atoms with Gasteiger partial charge in [-0.1, -0.05) is 13.8 Å². The number of methoxy groups -OCH3 is 1. The Morgan fingerprint density at radius 2 is 1.82 bits per heavy atom. The van der Waals surface area contributed by atoms with Crippen LogP contribution < -0.4 is 0 Å². The third kappa shape index (κ3) is 2.89. The quantitative estimate of drug-likeness (QED) is 0.495. The van der Waals surface area contributed by atoms with Gasteiger partial charge in [0.25, 0.3) is 0 Å². The van der Waals surface area contributed by atoms with Crippen LogP contribution in [0.15, 0.2) is 0 Å². The maximum absolute atomic E-state index is 7.63. The monoisotopic (exact) mass is 158 g/mol. The molecule has 1 unspecified atom stereocenters. The number of amidine groups is 1. The minimum Gasteiger partial charge on any atom is -0.373 e. The van der Waals surface area contributed by atoms with E-state index in [2.05, 4.69) is 0 Å². The zero-order valence-electron chi connectivity index (χ0n) is 8.01. The van der Waals surface area contributed by atoms with E-state index < -0.39 is 0 Å². The highest BCUT2D eigenvalue weighted by Gasteiger charge is 2.18. The van der Waals surface area contributed by atoms with E-state index >= 15 is 0 Å². The Hall–Kier alpha value is -0.570. The molecule has 0 bridgehead atoms. The van der Waals surface area contributed by atoms with Crippen LogP contribution in [0.1, 0.15) is 13.8 Å². The first kappa shape index (κ1) is 10.4. The van der Waals surface area contributed by atoms with Crippen molar-refractivity contribution in [2.45, 2.75) is 20.0 Å². The molecule has 0 aromatic heterocycles. The van der Waals surface area contributed by atoms with Crippen LogP contribution in [0.3, 0.4) is 0 Å². The molecule has 11 heavy (non-hydrogen) atoms. The van der Waals surface area contributed by atoms with E-state index in [9.17, 15) is 0 Å². The van der Waals surface area contributed by atoms with Gasteiger partial charge < -0.3 is 9.64 Å². The van der Waals surface area contributed by atoms with Gasteiger partial charge in [0, 0.05) is 21.2 Å². The SMILES string of the molecule is COC(C(=N)N(C)C)C(C)C. The molecule has 0 aromatic rings. The summed E-state index contributed by atoms with van der Waals surface area (Å²) in [6.45, 7) is 4.10. The van der Waals surface area contributed by atoms with Gasteiger partial charge in [0.15, 0.2) is 0 Å². The van der Waals surface area contributed by atoms with Crippen molar-refractivity contribution in [1.29, 1.82) is 5.41 Å². The van der Waals surface area contributed by atoms with Crippen molar-refractivity contribution in [2.75, 3.05) is 21.2 Å².